The van der Waals surface area contributed by atoms with Gasteiger partial charge in [-0.15, -0.1) is 0 Å². The Hall–Kier alpha value is -1.45. The van der Waals surface area contributed by atoms with Crippen LogP contribution in [0.25, 0.3) is 0 Å². The van der Waals surface area contributed by atoms with Gasteiger partial charge in [-0.05, 0) is 75.1 Å². The zero-order valence-corrected chi connectivity index (χ0v) is 16.0. The second-order valence-corrected chi connectivity index (χ2v) is 8.22. The number of fused-ring (bicyclic) bond motifs is 2. The fourth-order valence-electron chi connectivity index (χ4n) is 3.97. The first-order valence-corrected chi connectivity index (χ1v) is 10.6. The van der Waals surface area contributed by atoms with Gasteiger partial charge in [0.15, 0.2) is 0 Å². The van der Waals surface area contributed by atoms with Gasteiger partial charge in [0.05, 0.1) is 11.4 Å². The van der Waals surface area contributed by atoms with Gasteiger partial charge >= 0.3 is 0 Å². The zero-order chi connectivity index (χ0) is 17.1. The summed E-state index contributed by atoms with van der Waals surface area (Å²) in [7, 11) is 0. The first kappa shape index (κ1) is 17.0. The van der Waals surface area contributed by atoms with Crippen LogP contribution in [-0.4, -0.2) is 31.1 Å². The molecule has 0 saturated carbocycles. The molecule has 4 rings (SSSR count). The molecule has 3 heteroatoms. The smallest absolute Gasteiger partial charge is 0.0555 e. The number of hydrogen-bond donors (Lipinski definition) is 0. The standard InChI is InChI=1S/C22H28N2S/c1-2-18-11-12-22-20(17-18)24(19-9-4-5-10-21(19)25-22)16-8-15-23-13-6-3-7-14-23/h4-5,9-12,17H,2-3,6-8,13-16H2,1H3. The molecule has 2 aliphatic rings. The van der Waals surface area contributed by atoms with Gasteiger partial charge in [0.2, 0.25) is 0 Å². The number of piperidine rings is 1. The van der Waals surface area contributed by atoms with E-state index < -0.39 is 0 Å². The van der Waals surface area contributed by atoms with Crippen molar-refractivity contribution in [2.45, 2.75) is 48.8 Å². The molecule has 1 saturated heterocycles. The molecular weight excluding hydrogens is 324 g/mol. The second-order valence-electron chi connectivity index (χ2n) is 7.13. The molecule has 2 heterocycles. The number of benzene rings is 2. The Morgan fingerprint density at radius 3 is 2.52 bits per heavy atom. The number of rotatable bonds is 5. The second kappa shape index (κ2) is 7.84. The van der Waals surface area contributed by atoms with E-state index in [1.54, 1.807) is 0 Å². The van der Waals surface area contributed by atoms with Gasteiger partial charge in [0, 0.05) is 16.3 Å². The van der Waals surface area contributed by atoms with E-state index in [4.69, 9.17) is 0 Å². The maximum atomic E-state index is 2.65. The molecule has 2 aliphatic heterocycles. The number of para-hydroxylation sites is 1. The quantitative estimate of drug-likeness (QED) is 0.679. The maximum absolute atomic E-state index is 2.65. The van der Waals surface area contributed by atoms with E-state index in [-0.39, 0.29) is 0 Å². The third-order valence-corrected chi connectivity index (χ3v) is 6.53. The van der Waals surface area contributed by atoms with Crippen molar-refractivity contribution in [3.63, 3.8) is 0 Å². The minimum atomic E-state index is 1.10. The van der Waals surface area contributed by atoms with Crippen molar-refractivity contribution < 1.29 is 0 Å². The molecule has 0 radical (unpaired) electrons. The number of hydrogen-bond acceptors (Lipinski definition) is 3. The Morgan fingerprint density at radius 2 is 1.68 bits per heavy atom. The Kier molecular flexibility index (Phi) is 5.33. The summed E-state index contributed by atoms with van der Waals surface area (Å²) in [6, 6.07) is 15.9. The maximum Gasteiger partial charge on any atom is 0.0555 e. The predicted molar refractivity (Wildman–Crippen MR) is 108 cm³/mol. The minimum absolute atomic E-state index is 1.10. The first-order valence-electron chi connectivity index (χ1n) is 9.75. The largest absolute Gasteiger partial charge is 0.340 e. The fourth-order valence-corrected chi connectivity index (χ4v) is 5.05. The van der Waals surface area contributed by atoms with Crippen LogP contribution in [0.15, 0.2) is 52.3 Å². The summed E-state index contributed by atoms with van der Waals surface area (Å²) in [6.07, 6.45) is 6.51. The molecule has 0 N–H and O–H groups in total. The molecule has 0 aromatic heterocycles. The summed E-state index contributed by atoms with van der Waals surface area (Å²) in [5.41, 5.74) is 4.22. The molecule has 0 spiro atoms. The normalized spacial score (nSPS) is 17.2. The van der Waals surface area contributed by atoms with Gasteiger partial charge in [0.25, 0.3) is 0 Å². The molecule has 0 bridgehead atoms. The van der Waals surface area contributed by atoms with Gasteiger partial charge in [-0.3, -0.25) is 0 Å². The van der Waals surface area contributed by atoms with Crippen molar-refractivity contribution in [1.82, 2.24) is 4.90 Å². The first-order chi connectivity index (χ1) is 12.3. The Labute approximate surface area is 156 Å². The average Bonchev–Trinajstić information content (AvgIpc) is 2.68. The lowest BCUT2D eigenvalue weighted by atomic mass is 10.1. The number of anilines is 2. The van der Waals surface area contributed by atoms with E-state index in [1.165, 1.54) is 72.0 Å². The van der Waals surface area contributed by atoms with E-state index in [0.717, 1.165) is 13.0 Å². The number of aryl methyl sites for hydroxylation is 1. The van der Waals surface area contributed by atoms with Crippen molar-refractivity contribution in [3.05, 3.63) is 48.0 Å². The molecule has 2 aromatic rings. The van der Waals surface area contributed by atoms with Crippen LogP contribution in [0.4, 0.5) is 11.4 Å². The van der Waals surface area contributed by atoms with E-state index in [9.17, 15) is 0 Å². The molecule has 25 heavy (non-hydrogen) atoms. The van der Waals surface area contributed by atoms with Crippen LogP contribution in [0.1, 0.15) is 38.2 Å². The summed E-state index contributed by atoms with van der Waals surface area (Å²) < 4.78 is 0. The predicted octanol–water partition coefficient (Wildman–Crippen LogP) is 5.73. The van der Waals surface area contributed by atoms with E-state index in [1.807, 2.05) is 11.8 Å². The van der Waals surface area contributed by atoms with Crippen LogP contribution in [-0.2, 0) is 6.42 Å². The topological polar surface area (TPSA) is 6.48 Å². The summed E-state index contributed by atoms with van der Waals surface area (Å²) in [5.74, 6) is 0. The van der Waals surface area contributed by atoms with Gasteiger partial charge in [-0.25, -0.2) is 0 Å². The highest BCUT2D eigenvalue weighted by Gasteiger charge is 2.23. The van der Waals surface area contributed by atoms with E-state index in [2.05, 4.69) is 59.2 Å². The minimum Gasteiger partial charge on any atom is -0.340 e. The highest BCUT2D eigenvalue weighted by atomic mass is 32.2. The van der Waals surface area contributed by atoms with Crippen LogP contribution in [0, 0.1) is 0 Å². The third kappa shape index (κ3) is 3.73. The molecule has 0 unspecified atom stereocenters. The summed E-state index contributed by atoms with van der Waals surface area (Å²) in [4.78, 5) is 7.99. The van der Waals surface area contributed by atoms with Crippen LogP contribution >= 0.6 is 11.8 Å². The SMILES string of the molecule is CCc1ccc2c(c1)N(CCCN1CCCCC1)c1ccccc1S2. The average molecular weight is 353 g/mol. The van der Waals surface area contributed by atoms with Crippen molar-refractivity contribution in [3.8, 4) is 0 Å². The molecule has 1 fully saturated rings. The summed E-state index contributed by atoms with van der Waals surface area (Å²) in [5, 5.41) is 0. The Morgan fingerprint density at radius 1 is 0.880 bits per heavy atom. The molecule has 2 aromatic carbocycles. The lowest BCUT2D eigenvalue weighted by Gasteiger charge is -2.34. The van der Waals surface area contributed by atoms with Crippen LogP contribution in [0.5, 0.6) is 0 Å². The molecule has 132 valence electrons. The number of likely N-dealkylation sites (tertiary alicyclic amines) is 1. The monoisotopic (exact) mass is 352 g/mol. The highest BCUT2D eigenvalue weighted by molar-refractivity contribution is 7.99. The van der Waals surface area contributed by atoms with Crippen LogP contribution < -0.4 is 4.90 Å². The summed E-state index contributed by atoms with van der Waals surface area (Å²) >= 11 is 1.91. The third-order valence-electron chi connectivity index (χ3n) is 5.40. The van der Waals surface area contributed by atoms with Crippen molar-refractivity contribution >= 4 is 23.1 Å². The van der Waals surface area contributed by atoms with Gasteiger partial charge in [-0.1, -0.05) is 43.3 Å². The lowest BCUT2D eigenvalue weighted by Crippen LogP contribution is -2.33. The van der Waals surface area contributed by atoms with Gasteiger partial charge in [0.1, 0.15) is 0 Å². The molecule has 0 aliphatic carbocycles. The van der Waals surface area contributed by atoms with E-state index >= 15 is 0 Å². The van der Waals surface area contributed by atoms with Gasteiger partial charge in [-0.2, -0.15) is 0 Å². The fraction of sp³-hybridized carbons (Fsp3) is 0.455. The summed E-state index contributed by atoms with van der Waals surface area (Å²) in [6.45, 7) is 7.17. The van der Waals surface area contributed by atoms with Crippen molar-refractivity contribution in [1.29, 1.82) is 0 Å². The number of nitrogens with zero attached hydrogens (tertiary/aromatic N) is 2. The zero-order valence-electron chi connectivity index (χ0n) is 15.2. The molecule has 0 amide bonds. The van der Waals surface area contributed by atoms with Crippen molar-refractivity contribution in [2.24, 2.45) is 0 Å². The van der Waals surface area contributed by atoms with Crippen LogP contribution in [0.2, 0.25) is 0 Å². The highest BCUT2D eigenvalue weighted by Crippen LogP contribution is 2.48. The van der Waals surface area contributed by atoms with Crippen LogP contribution in [0.3, 0.4) is 0 Å². The van der Waals surface area contributed by atoms with Crippen molar-refractivity contribution in [2.75, 3.05) is 31.1 Å². The van der Waals surface area contributed by atoms with Gasteiger partial charge < -0.3 is 9.80 Å². The molecule has 0 atom stereocenters. The molecule has 2 nitrogen and oxygen atoms in total. The molecular formula is C22H28N2S. The Bertz CT molecular complexity index is 722. The van der Waals surface area contributed by atoms with E-state index in [0.29, 0.717) is 0 Å². The Balaban J connectivity index is 1.55. The lowest BCUT2D eigenvalue weighted by molar-refractivity contribution is 0.227.